The van der Waals surface area contributed by atoms with E-state index in [2.05, 4.69) is 11.4 Å². The second kappa shape index (κ2) is 4.86. The van der Waals surface area contributed by atoms with Crippen molar-refractivity contribution >= 4 is 11.3 Å². The van der Waals surface area contributed by atoms with Gasteiger partial charge < -0.3 is 10.1 Å². The van der Waals surface area contributed by atoms with Crippen molar-refractivity contribution in [3.63, 3.8) is 0 Å². The Bertz CT molecular complexity index is 333. The van der Waals surface area contributed by atoms with Crippen LogP contribution in [0.3, 0.4) is 0 Å². The molecular weight excluding hydrogens is 218 g/mol. The molecule has 1 atom stereocenters. The first-order chi connectivity index (χ1) is 7.92. The predicted molar refractivity (Wildman–Crippen MR) is 67.0 cm³/mol. The van der Waals surface area contributed by atoms with Gasteiger partial charge in [0.1, 0.15) is 0 Å². The molecule has 0 aromatic carbocycles. The molecular formula is C13H19NOS. The number of aryl methyl sites for hydroxylation is 2. The highest BCUT2D eigenvalue weighted by Gasteiger charge is 2.16. The van der Waals surface area contributed by atoms with Gasteiger partial charge in [-0.05, 0) is 43.7 Å². The molecule has 1 aliphatic heterocycles. The molecule has 1 unspecified atom stereocenters. The van der Waals surface area contributed by atoms with E-state index in [0.717, 1.165) is 19.7 Å². The minimum atomic E-state index is 0.465. The zero-order chi connectivity index (χ0) is 10.8. The molecule has 0 saturated carbocycles. The van der Waals surface area contributed by atoms with Gasteiger partial charge in [0.15, 0.2) is 0 Å². The van der Waals surface area contributed by atoms with E-state index in [9.17, 15) is 0 Å². The van der Waals surface area contributed by atoms with E-state index in [1.165, 1.54) is 37.0 Å². The van der Waals surface area contributed by atoms with Gasteiger partial charge in [-0.2, -0.15) is 0 Å². The van der Waals surface area contributed by atoms with Crippen molar-refractivity contribution in [1.29, 1.82) is 0 Å². The Morgan fingerprint density at radius 2 is 2.38 bits per heavy atom. The van der Waals surface area contributed by atoms with E-state index in [1.54, 1.807) is 10.4 Å². The van der Waals surface area contributed by atoms with Crippen molar-refractivity contribution < 1.29 is 4.74 Å². The number of rotatable bonds is 4. The van der Waals surface area contributed by atoms with Crippen LogP contribution in [-0.4, -0.2) is 19.3 Å². The van der Waals surface area contributed by atoms with E-state index in [1.807, 2.05) is 11.3 Å². The number of fused-ring (bicyclic) bond motifs is 1. The fraction of sp³-hybridized carbons (Fsp3) is 0.692. The van der Waals surface area contributed by atoms with E-state index in [4.69, 9.17) is 4.74 Å². The zero-order valence-corrected chi connectivity index (χ0v) is 10.4. The number of ether oxygens (including phenoxy) is 1. The summed E-state index contributed by atoms with van der Waals surface area (Å²) in [4.78, 5) is 3.14. The van der Waals surface area contributed by atoms with Gasteiger partial charge in [-0.3, -0.25) is 0 Å². The number of thiophene rings is 1. The van der Waals surface area contributed by atoms with Crippen LogP contribution < -0.4 is 5.32 Å². The number of hydrogen-bond acceptors (Lipinski definition) is 3. The summed E-state index contributed by atoms with van der Waals surface area (Å²) in [5.41, 5.74) is 1.61. The van der Waals surface area contributed by atoms with Crippen molar-refractivity contribution in [1.82, 2.24) is 5.32 Å². The van der Waals surface area contributed by atoms with Gasteiger partial charge in [0, 0.05) is 29.5 Å². The maximum Gasteiger partial charge on any atom is 0.0700 e. The monoisotopic (exact) mass is 237 g/mol. The number of hydrogen-bond donors (Lipinski definition) is 1. The molecule has 1 fully saturated rings. The first kappa shape index (κ1) is 10.8. The van der Waals surface area contributed by atoms with Crippen LogP contribution in [0.4, 0.5) is 0 Å². The van der Waals surface area contributed by atoms with Crippen molar-refractivity contribution in [3.05, 3.63) is 21.4 Å². The van der Waals surface area contributed by atoms with Crippen LogP contribution in [-0.2, 0) is 24.1 Å². The maximum absolute atomic E-state index is 5.59. The van der Waals surface area contributed by atoms with Crippen LogP contribution in [0.1, 0.15) is 34.6 Å². The first-order valence-corrected chi connectivity index (χ1v) is 7.16. The molecule has 0 radical (unpaired) electrons. The largest absolute Gasteiger partial charge is 0.377 e. The summed E-state index contributed by atoms with van der Waals surface area (Å²) in [6.07, 6.45) is 6.91. The summed E-state index contributed by atoms with van der Waals surface area (Å²) in [5, 5.41) is 3.52. The molecule has 2 aliphatic rings. The summed E-state index contributed by atoms with van der Waals surface area (Å²) >= 11 is 2.00. The molecule has 3 heteroatoms. The fourth-order valence-corrected chi connectivity index (χ4v) is 3.87. The smallest absolute Gasteiger partial charge is 0.0700 e. The van der Waals surface area contributed by atoms with Gasteiger partial charge in [-0.1, -0.05) is 0 Å². The van der Waals surface area contributed by atoms with Gasteiger partial charge in [-0.15, -0.1) is 11.3 Å². The highest BCUT2D eigenvalue weighted by molar-refractivity contribution is 7.12. The summed E-state index contributed by atoms with van der Waals surface area (Å²) in [6, 6.07) is 2.40. The minimum absolute atomic E-state index is 0.465. The molecule has 1 N–H and O–H groups in total. The summed E-state index contributed by atoms with van der Waals surface area (Å²) in [6.45, 7) is 3.00. The molecule has 0 spiro atoms. The average Bonchev–Trinajstić information content (AvgIpc) is 2.91. The van der Waals surface area contributed by atoms with Crippen LogP contribution in [0.2, 0.25) is 0 Å². The molecule has 16 heavy (non-hydrogen) atoms. The minimum Gasteiger partial charge on any atom is -0.377 e. The molecule has 2 nitrogen and oxygen atoms in total. The molecule has 2 heterocycles. The molecule has 1 aromatic rings. The SMILES string of the molecule is c1c(CNCC2CCCO2)sc2c1CCC2. The summed E-state index contributed by atoms with van der Waals surface area (Å²) < 4.78 is 5.59. The fourth-order valence-electron chi connectivity index (χ4n) is 2.64. The van der Waals surface area contributed by atoms with Crippen LogP contribution in [0.25, 0.3) is 0 Å². The lowest BCUT2D eigenvalue weighted by Gasteiger charge is -2.09. The molecule has 1 aromatic heterocycles. The molecule has 1 aliphatic carbocycles. The Morgan fingerprint density at radius 1 is 1.38 bits per heavy atom. The van der Waals surface area contributed by atoms with E-state index < -0.39 is 0 Å². The lowest BCUT2D eigenvalue weighted by atomic mass is 10.2. The third kappa shape index (κ3) is 2.31. The summed E-state index contributed by atoms with van der Waals surface area (Å²) in [7, 11) is 0. The molecule has 0 bridgehead atoms. The van der Waals surface area contributed by atoms with Crippen LogP contribution in [0, 0.1) is 0 Å². The Morgan fingerprint density at radius 3 is 3.19 bits per heavy atom. The van der Waals surface area contributed by atoms with Crippen molar-refractivity contribution in [3.8, 4) is 0 Å². The van der Waals surface area contributed by atoms with Crippen LogP contribution in [0.15, 0.2) is 6.07 Å². The van der Waals surface area contributed by atoms with Gasteiger partial charge in [0.2, 0.25) is 0 Å². The maximum atomic E-state index is 5.59. The standard InChI is InChI=1S/C13H19NOS/c1-3-10-7-12(16-13(10)5-1)9-14-8-11-4-2-6-15-11/h7,11,14H,1-6,8-9H2. The molecule has 88 valence electrons. The van der Waals surface area contributed by atoms with Gasteiger partial charge in [0.05, 0.1) is 6.10 Å². The first-order valence-electron chi connectivity index (χ1n) is 6.34. The Kier molecular flexibility index (Phi) is 3.27. The third-order valence-corrected chi connectivity index (χ3v) is 4.73. The molecule has 3 rings (SSSR count). The van der Waals surface area contributed by atoms with E-state index >= 15 is 0 Å². The average molecular weight is 237 g/mol. The lowest BCUT2D eigenvalue weighted by molar-refractivity contribution is 0.110. The zero-order valence-electron chi connectivity index (χ0n) is 9.63. The number of nitrogens with one attached hydrogen (secondary N) is 1. The highest BCUT2D eigenvalue weighted by Crippen LogP contribution is 2.30. The van der Waals surface area contributed by atoms with Gasteiger partial charge in [0.25, 0.3) is 0 Å². The summed E-state index contributed by atoms with van der Waals surface area (Å²) in [5.74, 6) is 0. The second-order valence-corrected chi connectivity index (χ2v) is 6.00. The van der Waals surface area contributed by atoms with Crippen molar-refractivity contribution in [2.24, 2.45) is 0 Å². The Balaban J connectivity index is 1.47. The predicted octanol–water partition coefficient (Wildman–Crippen LogP) is 2.51. The normalized spacial score (nSPS) is 23.9. The highest BCUT2D eigenvalue weighted by atomic mass is 32.1. The van der Waals surface area contributed by atoms with Gasteiger partial charge in [-0.25, -0.2) is 0 Å². The molecule has 0 amide bonds. The van der Waals surface area contributed by atoms with Crippen molar-refractivity contribution in [2.45, 2.75) is 44.8 Å². The van der Waals surface area contributed by atoms with Gasteiger partial charge >= 0.3 is 0 Å². The third-order valence-electron chi connectivity index (χ3n) is 3.49. The second-order valence-electron chi connectivity index (χ2n) is 4.78. The topological polar surface area (TPSA) is 21.3 Å². The van der Waals surface area contributed by atoms with Crippen LogP contribution >= 0.6 is 11.3 Å². The Hall–Kier alpha value is -0.380. The lowest BCUT2D eigenvalue weighted by Crippen LogP contribution is -2.25. The quantitative estimate of drug-likeness (QED) is 0.869. The van der Waals surface area contributed by atoms with Crippen molar-refractivity contribution in [2.75, 3.05) is 13.2 Å². The van der Waals surface area contributed by atoms with E-state index in [0.29, 0.717) is 6.10 Å². The molecule has 1 saturated heterocycles. The van der Waals surface area contributed by atoms with E-state index in [-0.39, 0.29) is 0 Å². The van der Waals surface area contributed by atoms with Crippen LogP contribution in [0.5, 0.6) is 0 Å². The Labute approximate surface area is 101 Å².